The van der Waals surface area contributed by atoms with Gasteiger partial charge in [0.25, 0.3) is 0 Å². The van der Waals surface area contributed by atoms with Crippen LogP contribution in [0.2, 0.25) is 5.02 Å². The van der Waals surface area contributed by atoms with Gasteiger partial charge in [0.15, 0.2) is 0 Å². The van der Waals surface area contributed by atoms with Crippen LogP contribution in [-0.4, -0.2) is 4.57 Å². The summed E-state index contributed by atoms with van der Waals surface area (Å²) in [5.41, 5.74) is 0.809. The second-order valence-electron chi connectivity index (χ2n) is 2.85. The van der Waals surface area contributed by atoms with Gasteiger partial charge in [0, 0.05) is 6.54 Å². The molecule has 1 heterocycles. The number of thiazole rings is 1. The second kappa shape index (κ2) is 3.59. The van der Waals surface area contributed by atoms with E-state index in [1.54, 1.807) is 16.7 Å². The monoisotopic (exact) mass is 225 g/mol. The molecule has 0 N–H and O–H groups in total. The Balaban J connectivity index is 2.86. The number of benzene rings is 1. The fourth-order valence-corrected chi connectivity index (χ4v) is 2.64. The molecule has 0 aliphatic carbocycles. The van der Waals surface area contributed by atoms with Crippen molar-refractivity contribution in [2.45, 2.75) is 6.54 Å². The zero-order valence-corrected chi connectivity index (χ0v) is 8.94. The van der Waals surface area contributed by atoms with Crippen LogP contribution in [0, 0.1) is 0 Å². The van der Waals surface area contributed by atoms with Gasteiger partial charge in [0.2, 0.25) is 0 Å². The predicted octanol–water partition coefficient (Wildman–Crippen LogP) is 2.90. The molecule has 2 aromatic rings. The van der Waals surface area contributed by atoms with E-state index in [9.17, 15) is 4.79 Å². The van der Waals surface area contributed by atoms with Crippen molar-refractivity contribution in [1.82, 2.24) is 4.57 Å². The molecule has 0 atom stereocenters. The summed E-state index contributed by atoms with van der Waals surface area (Å²) in [7, 11) is 0. The highest BCUT2D eigenvalue weighted by Crippen LogP contribution is 2.24. The van der Waals surface area contributed by atoms with Gasteiger partial charge in [-0.1, -0.05) is 35.1 Å². The van der Waals surface area contributed by atoms with Gasteiger partial charge >= 0.3 is 4.87 Å². The molecule has 1 aromatic carbocycles. The van der Waals surface area contributed by atoms with Crippen LogP contribution in [0.1, 0.15) is 0 Å². The van der Waals surface area contributed by atoms with Gasteiger partial charge in [0.1, 0.15) is 0 Å². The third kappa shape index (κ3) is 1.38. The lowest BCUT2D eigenvalue weighted by Gasteiger charge is -1.99. The summed E-state index contributed by atoms with van der Waals surface area (Å²) in [5, 5.41) is 0.614. The van der Waals surface area contributed by atoms with Crippen molar-refractivity contribution < 1.29 is 0 Å². The lowest BCUT2D eigenvalue weighted by Crippen LogP contribution is -2.11. The Labute approximate surface area is 90.1 Å². The zero-order chi connectivity index (χ0) is 10.1. The van der Waals surface area contributed by atoms with Crippen LogP contribution in [0.4, 0.5) is 0 Å². The summed E-state index contributed by atoms with van der Waals surface area (Å²) in [5.74, 6) is 0. The quantitative estimate of drug-likeness (QED) is 0.721. The molecule has 0 fully saturated rings. The number of hydrogen-bond donors (Lipinski definition) is 0. The molecule has 4 heteroatoms. The Morgan fingerprint density at radius 3 is 3.07 bits per heavy atom. The van der Waals surface area contributed by atoms with Gasteiger partial charge in [0.05, 0.1) is 15.2 Å². The molecule has 0 aliphatic rings. The van der Waals surface area contributed by atoms with Crippen LogP contribution < -0.4 is 4.87 Å². The minimum atomic E-state index is 0.00741. The zero-order valence-electron chi connectivity index (χ0n) is 7.37. The van der Waals surface area contributed by atoms with Gasteiger partial charge < -0.3 is 0 Å². The topological polar surface area (TPSA) is 22.0 Å². The Morgan fingerprint density at radius 1 is 1.57 bits per heavy atom. The first kappa shape index (κ1) is 9.49. The molecule has 0 aliphatic heterocycles. The molecular formula is C10H8ClNOS. The smallest absolute Gasteiger partial charge is 0.293 e. The first-order valence-corrected chi connectivity index (χ1v) is 5.32. The Hall–Kier alpha value is -1.06. The van der Waals surface area contributed by atoms with Crippen molar-refractivity contribution in [1.29, 1.82) is 0 Å². The minimum Gasteiger partial charge on any atom is -0.293 e. The molecule has 0 spiro atoms. The third-order valence-corrected chi connectivity index (χ3v) is 3.20. The van der Waals surface area contributed by atoms with Gasteiger partial charge in [-0.3, -0.25) is 9.36 Å². The van der Waals surface area contributed by atoms with Crippen LogP contribution in [0.15, 0.2) is 35.6 Å². The van der Waals surface area contributed by atoms with E-state index in [0.29, 0.717) is 11.6 Å². The maximum Gasteiger partial charge on any atom is 0.308 e. The van der Waals surface area contributed by atoms with E-state index in [4.69, 9.17) is 11.6 Å². The normalized spacial score (nSPS) is 10.6. The van der Waals surface area contributed by atoms with Crippen LogP contribution in [0.25, 0.3) is 10.2 Å². The van der Waals surface area contributed by atoms with Crippen LogP contribution in [-0.2, 0) is 6.54 Å². The maximum absolute atomic E-state index is 11.6. The lowest BCUT2D eigenvalue weighted by atomic mass is 10.3. The van der Waals surface area contributed by atoms with Gasteiger partial charge in [-0.05, 0) is 12.1 Å². The Morgan fingerprint density at radius 2 is 2.36 bits per heavy atom. The number of fused-ring (bicyclic) bond motifs is 1. The highest BCUT2D eigenvalue weighted by atomic mass is 35.5. The molecular weight excluding hydrogens is 218 g/mol. The summed E-state index contributed by atoms with van der Waals surface area (Å²) in [6, 6.07) is 5.53. The van der Waals surface area contributed by atoms with Crippen LogP contribution >= 0.6 is 22.9 Å². The molecule has 72 valence electrons. The molecule has 0 bridgehead atoms. The fraction of sp³-hybridized carbons (Fsp3) is 0.100. The summed E-state index contributed by atoms with van der Waals surface area (Å²) >= 11 is 7.23. The summed E-state index contributed by atoms with van der Waals surface area (Å²) < 4.78 is 2.55. The number of para-hydroxylation sites is 1. The predicted molar refractivity (Wildman–Crippen MR) is 61.3 cm³/mol. The van der Waals surface area contributed by atoms with Crippen molar-refractivity contribution in [3.8, 4) is 0 Å². The SMILES string of the molecule is C=CCn1c(=O)sc2cccc(Cl)c21. The average molecular weight is 226 g/mol. The van der Waals surface area contributed by atoms with Crippen molar-refractivity contribution in [3.05, 3.63) is 45.5 Å². The van der Waals surface area contributed by atoms with Crippen molar-refractivity contribution in [3.63, 3.8) is 0 Å². The molecule has 2 rings (SSSR count). The van der Waals surface area contributed by atoms with E-state index in [2.05, 4.69) is 6.58 Å². The molecule has 0 radical (unpaired) electrons. The van der Waals surface area contributed by atoms with E-state index in [-0.39, 0.29) is 4.87 Å². The highest BCUT2D eigenvalue weighted by molar-refractivity contribution is 7.16. The molecule has 0 amide bonds. The molecule has 0 unspecified atom stereocenters. The van der Waals surface area contributed by atoms with E-state index in [1.807, 2.05) is 12.1 Å². The fourth-order valence-electron chi connectivity index (χ4n) is 1.38. The van der Waals surface area contributed by atoms with Gasteiger partial charge in [-0.25, -0.2) is 0 Å². The average Bonchev–Trinajstić information content (AvgIpc) is 2.45. The molecule has 1 aromatic heterocycles. The summed E-state index contributed by atoms with van der Waals surface area (Å²) in [6.45, 7) is 4.12. The highest BCUT2D eigenvalue weighted by Gasteiger charge is 2.08. The largest absolute Gasteiger partial charge is 0.308 e. The third-order valence-electron chi connectivity index (χ3n) is 1.95. The standard InChI is InChI=1S/C10H8ClNOS/c1-2-6-12-9-7(11)4-3-5-8(9)14-10(12)13/h2-5H,1,6H2. The van der Waals surface area contributed by atoms with Gasteiger partial charge in [-0.15, -0.1) is 6.58 Å². The number of allylic oxidation sites excluding steroid dienone is 1. The van der Waals surface area contributed by atoms with E-state index in [1.165, 1.54) is 11.3 Å². The van der Waals surface area contributed by atoms with Crippen molar-refractivity contribution in [2.75, 3.05) is 0 Å². The number of hydrogen-bond acceptors (Lipinski definition) is 2. The lowest BCUT2D eigenvalue weighted by molar-refractivity contribution is 0.842. The molecule has 14 heavy (non-hydrogen) atoms. The summed E-state index contributed by atoms with van der Waals surface area (Å²) in [4.78, 5) is 11.6. The van der Waals surface area contributed by atoms with Crippen LogP contribution in [0.5, 0.6) is 0 Å². The Bertz CT molecular complexity index is 541. The van der Waals surface area contributed by atoms with Crippen molar-refractivity contribution in [2.24, 2.45) is 0 Å². The Kier molecular flexibility index (Phi) is 2.44. The van der Waals surface area contributed by atoms with Crippen LogP contribution in [0.3, 0.4) is 0 Å². The number of halogens is 1. The summed E-state index contributed by atoms with van der Waals surface area (Å²) in [6.07, 6.45) is 1.69. The number of aromatic nitrogens is 1. The minimum absolute atomic E-state index is 0.00741. The molecule has 0 saturated heterocycles. The first-order chi connectivity index (χ1) is 6.74. The number of rotatable bonds is 2. The second-order valence-corrected chi connectivity index (χ2v) is 4.25. The van der Waals surface area contributed by atoms with E-state index < -0.39 is 0 Å². The number of nitrogens with zero attached hydrogens (tertiary/aromatic N) is 1. The van der Waals surface area contributed by atoms with E-state index in [0.717, 1.165) is 10.2 Å². The van der Waals surface area contributed by atoms with Crippen molar-refractivity contribution >= 4 is 33.2 Å². The molecule has 0 saturated carbocycles. The van der Waals surface area contributed by atoms with E-state index >= 15 is 0 Å². The molecule has 2 nitrogen and oxygen atoms in total. The van der Waals surface area contributed by atoms with Gasteiger partial charge in [-0.2, -0.15) is 0 Å². The first-order valence-electron chi connectivity index (χ1n) is 4.13. The maximum atomic E-state index is 11.6.